The summed E-state index contributed by atoms with van der Waals surface area (Å²) in [6.45, 7) is 7.20. The maximum Gasteiger partial charge on any atom is 0.126 e. The summed E-state index contributed by atoms with van der Waals surface area (Å²) >= 11 is 3.46. The number of aryl methyl sites for hydroxylation is 3. The predicted octanol–water partition coefficient (Wildman–Crippen LogP) is 4.42. The van der Waals surface area contributed by atoms with Crippen LogP contribution in [0.15, 0.2) is 34.8 Å². The topological polar surface area (TPSA) is 24.9 Å². The molecule has 1 N–H and O–H groups in total. The Morgan fingerprint density at radius 3 is 2.63 bits per heavy atom. The lowest BCUT2D eigenvalue weighted by Crippen LogP contribution is -2.07. The van der Waals surface area contributed by atoms with Crippen LogP contribution in [0.4, 0.5) is 5.82 Å². The van der Waals surface area contributed by atoms with Crippen molar-refractivity contribution in [1.29, 1.82) is 0 Å². The summed E-state index contributed by atoms with van der Waals surface area (Å²) in [5.74, 6) is 0.936. The Bertz CT molecular complexity index is 579. The molecule has 1 aromatic heterocycles. The highest BCUT2D eigenvalue weighted by atomic mass is 79.9. The number of nitrogens with zero attached hydrogens (tertiary/aromatic N) is 1. The Morgan fingerprint density at radius 2 is 1.89 bits per heavy atom. The lowest BCUT2D eigenvalue weighted by atomic mass is 10.0. The Morgan fingerprint density at radius 1 is 1.11 bits per heavy atom. The highest BCUT2D eigenvalue weighted by Gasteiger charge is 2.01. The van der Waals surface area contributed by atoms with Gasteiger partial charge in [0.25, 0.3) is 0 Å². The Balaban J connectivity index is 1.96. The molecule has 0 bridgehead atoms. The third-order valence-electron chi connectivity index (χ3n) is 3.23. The zero-order valence-corrected chi connectivity index (χ0v) is 13.2. The predicted molar refractivity (Wildman–Crippen MR) is 84.8 cm³/mol. The van der Waals surface area contributed by atoms with Crippen LogP contribution < -0.4 is 5.32 Å². The minimum Gasteiger partial charge on any atom is -0.370 e. The molecule has 1 heterocycles. The van der Waals surface area contributed by atoms with Gasteiger partial charge in [0.05, 0.1) is 5.69 Å². The van der Waals surface area contributed by atoms with E-state index in [0.29, 0.717) is 0 Å². The van der Waals surface area contributed by atoms with Gasteiger partial charge in [-0.25, -0.2) is 4.98 Å². The van der Waals surface area contributed by atoms with Gasteiger partial charge in [-0.1, -0.05) is 23.8 Å². The zero-order chi connectivity index (χ0) is 13.8. The molecule has 0 amide bonds. The van der Waals surface area contributed by atoms with Crippen LogP contribution in [-0.4, -0.2) is 11.5 Å². The average molecular weight is 319 g/mol. The van der Waals surface area contributed by atoms with E-state index in [2.05, 4.69) is 58.3 Å². The molecule has 0 fully saturated rings. The van der Waals surface area contributed by atoms with Crippen molar-refractivity contribution in [2.24, 2.45) is 0 Å². The van der Waals surface area contributed by atoms with Crippen molar-refractivity contribution in [1.82, 2.24) is 4.98 Å². The summed E-state index contributed by atoms with van der Waals surface area (Å²) in [7, 11) is 0. The van der Waals surface area contributed by atoms with Gasteiger partial charge in [-0.3, -0.25) is 0 Å². The van der Waals surface area contributed by atoms with E-state index in [-0.39, 0.29) is 0 Å². The van der Waals surface area contributed by atoms with E-state index in [9.17, 15) is 0 Å². The first-order chi connectivity index (χ1) is 9.06. The third-order valence-corrected chi connectivity index (χ3v) is 4.06. The number of benzene rings is 1. The van der Waals surface area contributed by atoms with Gasteiger partial charge >= 0.3 is 0 Å². The maximum atomic E-state index is 4.49. The Hall–Kier alpha value is -1.35. The fourth-order valence-corrected chi connectivity index (χ4v) is 2.26. The summed E-state index contributed by atoms with van der Waals surface area (Å²) in [5.41, 5.74) is 5.09. The molecule has 0 aliphatic carbocycles. The van der Waals surface area contributed by atoms with Crippen molar-refractivity contribution in [3.63, 3.8) is 0 Å². The van der Waals surface area contributed by atoms with Crippen molar-refractivity contribution in [2.45, 2.75) is 27.2 Å². The van der Waals surface area contributed by atoms with Gasteiger partial charge in [0.15, 0.2) is 0 Å². The van der Waals surface area contributed by atoms with Gasteiger partial charge in [-0.05, 0) is 66.4 Å². The van der Waals surface area contributed by atoms with Crippen molar-refractivity contribution >= 4 is 21.7 Å². The van der Waals surface area contributed by atoms with Crippen LogP contribution in [0.2, 0.25) is 0 Å². The number of hydrogen-bond donors (Lipinski definition) is 1. The second kappa shape index (κ2) is 6.20. The molecule has 0 aliphatic rings. The molecule has 2 rings (SSSR count). The molecule has 0 radical (unpaired) electrons. The van der Waals surface area contributed by atoms with Gasteiger partial charge in [0.1, 0.15) is 5.82 Å². The van der Waals surface area contributed by atoms with E-state index in [4.69, 9.17) is 0 Å². The van der Waals surface area contributed by atoms with Gasteiger partial charge in [0.2, 0.25) is 0 Å². The SMILES string of the molecule is Cc1ccc(C)c(CCNc2ccc(Br)c(C)n2)c1. The van der Waals surface area contributed by atoms with Crippen LogP contribution >= 0.6 is 15.9 Å². The summed E-state index contributed by atoms with van der Waals surface area (Å²) in [6, 6.07) is 10.6. The second-order valence-corrected chi connectivity index (χ2v) is 5.72. The standard InChI is InChI=1S/C16H19BrN2/c1-11-4-5-12(2)14(10-11)8-9-18-16-7-6-15(17)13(3)19-16/h4-7,10H,8-9H2,1-3H3,(H,18,19). The summed E-state index contributed by atoms with van der Waals surface area (Å²) in [5, 5.41) is 3.38. The number of hydrogen-bond acceptors (Lipinski definition) is 2. The summed E-state index contributed by atoms with van der Waals surface area (Å²) < 4.78 is 1.05. The quantitative estimate of drug-likeness (QED) is 0.902. The fourth-order valence-electron chi connectivity index (χ4n) is 2.04. The van der Waals surface area contributed by atoms with E-state index in [1.165, 1.54) is 16.7 Å². The van der Waals surface area contributed by atoms with Crippen molar-refractivity contribution in [2.75, 3.05) is 11.9 Å². The van der Waals surface area contributed by atoms with Crippen molar-refractivity contribution < 1.29 is 0 Å². The lowest BCUT2D eigenvalue weighted by molar-refractivity contribution is 0.985. The molecule has 0 atom stereocenters. The van der Waals surface area contributed by atoms with Crippen molar-refractivity contribution in [3.05, 3.63) is 57.2 Å². The molecular formula is C16H19BrN2. The average Bonchev–Trinajstić information content (AvgIpc) is 2.38. The van der Waals surface area contributed by atoms with Crippen LogP contribution in [0.25, 0.3) is 0 Å². The second-order valence-electron chi connectivity index (χ2n) is 4.87. The molecule has 2 aromatic rings. The normalized spacial score (nSPS) is 10.5. The van der Waals surface area contributed by atoms with E-state index in [1.807, 2.05) is 19.1 Å². The monoisotopic (exact) mass is 318 g/mol. The zero-order valence-electron chi connectivity index (χ0n) is 11.6. The lowest BCUT2D eigenvalue weighted by Gasteiger charge is -2.09. The smallest absolute Gasteiger partial charge is 0.126 e. The largest absolute Gasteiger partial charge is 0.370 e. The van der Waals surface area contributed by atoms with E-state index in [1.54, 1.807) is 0 Å². The van der Waals surface area contributed by atoms with Crippen LogP contribution in [0.5, 0.6) is 0 Å². The molecular weight excluding hydrogens is 300 g/mol. The van der Waals surface area contributed by atoms with Crippen molar-refractivity contribution in [3.8, 4) is 0 Å². The van der Waals surface area contributed by atoms with Gasteiger partial charge in [-0.15, -0.1) is 0 Å². The number of pyridine rings is 1. The van der Waals surface area contributed by atoms with Gasteiger partial charge in [0, 0.05) is 11.0 Å². The van der Waals surface area contributed by atoms with Gasteiger partial charge in [-0.2, -0.15) is 0 Å². The van der Waals surface area contributed by atoms with Crippen LogP contribution in [-0.2, 0) is 6.42 Å². The number of aromatic nitrogens is 1. The third kappa shape index (κ3) is 3.80. The molecule has 0 saturated heterocycles. The molecule has 100 valence electrons. The summed E-state index contributed by atoms with van der Waals surface area (Å²) in [6.07, 6.45) is 1.02. The molecule has 0 aliphatic heterocycles. The van der Waals surface area contributed by atoms with Crippen LogP contribution in [0.1, 0.15) is 22.4 Å². The highest BCUT2D eigenvalue weighted by molar-refractivity contribution is 9.10. The first-order valence-corrected chi connectivity index (χ1v) is 7.29. The number of halogens is 1. The first-order valence-electron chi connectivity index (χ1n) is 6.49. The molecule has 0 saturated carbocycles. The molecule has 1 aromatic carbocycles. The molecule has 3 heteroatoms. The first kappa shape index (κ1) is 14.1. The molecule has 0 spiro atoms. The minimum atomic E-state index is 0.901. The Labute approximate surface area is 123 Å². The number of nitrogens with one attached hydrogen (secondary N) is 1. The minimum absolute atomic E-state index is 0.901. The van der Waals surface area contributed by atoms with Crippen LogP contribution in [0, 0.1) is 20.8 Å². The molecule has 2 nitrogen and oxygen atoms in total. The maximum absolute atomic E-state index is 4.49. The van der Waals surface area contributed by atoms with Crippen LogP contribution in [0.3, 0.4) is 0 Å². The summed E-state index contributed by atoms with van der Waals surface area (Å²) in [4.78, 5) is 4.49. The molecule has 0 unspecified atom stereocenters. The highest BCUT2D eigenvalue weighted by Crippen LogP contribution is 2.16. The fraction of sp³-hybridized carbons (Fsp3) is 0.312. The molecule has 19 heavy (non-hydrogen) atoms. The number of rotatable bonds is 4. The number of anilines is 1. The van der Waals surface area contributed by atoms with Gasteiger partial charge < -0.3 is 5.32 Å². The van der Waals surface area contributed by atoms with E-state index < -0.39 is 0 Å². The van der Waals surface area contributed by atoms with E-state index >= 15 is 0 Å². The Kier molecular flexibility index (Phi) is 4.59. The van der Waals surface area contributed by atoms with E-state index in [0.717, 1.165) is 29.0 Å².